The van der Waals surface area contributed by atoms with Crippen LogP contribution in [0.15, 0.2) is 54.6 Å². The summed E-state index contributed by atoms with van der Waals surface area (Å²) in [4.78, 5) is 26.5. The van der Waals surface area contributed by atoms with E-state index < -0.39 is 6.04 Å². The normalized spacial score (nSPS) is 16.5. The maximum absolute atomic E-state index is 12.5. The predicted octanol–water partition coefficient (Wildman–Crippen LogP) is 3.35. The summed E-state index contributed by atoms with van der Waals surface area (Å²) in [5.41, 5.74) is 0.661. The number of halogens is 1. The molecule has 1 heterocycles. The Morgan fingerprint density at radius 3 is 2.56 bits per heavy atom. The first-order valence-corrected chi connectivity index (χ1v) is 8.55. The molecular weight excluding hydrogens is 340 g/mol. The molecule has 2 aromatic carbocycles. The van der Waals surface area contributed by atoms with Gasteiger partial charge in [0.05, 0.1) is 0 Å². The molecule has 0 spiro atoms. The first kappa shape index (κ1) is 17.3. The van der Waals surface area contributed by atoms with Crippen molar-refractivity contribution >= 4 is 29.1 Å². The zero-order chi connectivity index (χ0) is 17.6. The summed E-state index contributed by atoms with van der Waals surface area (Å²) < 4.78 is 5.50. The van der Waals surface area contributed by atoms with Crippen molar-refractivity contribution in [3.8, 4) is 5.75 Å². The van der Waals surface area contributed by atoms with Gasteiger partial charge >= 0.3 is 0 Å². The summed E-state index contributed by atoms with van der Waals surface area (Å²) >= 11 is 5.85. The van der Waals surface area contributed by atoms with Gasteiger partial charge < -0.3 is 15.0 Å². The van der Waals surface area contributed by atoms with E-state index in [1.807, 2.05) is 18.2 Å². The number of amides is 2. The van der Waals surface area contributed by atoms with Crippen molar-refractivity contribution in [2.75, 3.05) is 18.5 Å². The number of hydrogen-bond acceptors (Lipinski definition) is 3. The summed E-state index contributed by atoms with van der Waals surface area (Å²) in [6.45, 7) is 0.491. The highest BCUT2D eigenvalue weighted by atomic mass is 35.5. The summed E-state index contributed by atoms with van der Waals surface area (Å²) in [6, 6.07) is 15.6. The van der Waals surface area contributed by atoms with Crippen molar-refractivity contribution in [1.29, 1.82) is 0 Å². The highest BCUT2D eigenvalue weighted by molar-refractivity contribution is 6.30. The van der Waals surface area contributed by atoms with Gasteiger partial charge in [0.2, 0.25) is 5.91 Å². The van der Waals surface area contributed by atoms with Crippen molar-refractivity contribution < 1.29 is 14.3 Å². The molecule has 0 radical (unpaired) electrons. The van der Waals surface area contributed by atoms with Crippen LogP contribution in [0.1, 0.15) is 12.8 Å². The smallest absolute Gasteiger partial charge is 0.261 e. The second-order valence-corrected chi connectivity index (χ2v) is 6.28. The fraction of sp³-hybridized carbons (Fsp3) is 0.263. The monoisotopic (exact) mass is 358 g/mol. The maximum atomic E-state index is 12.5. The van der Waals surface area contributed by atoms with Gasteiger partial charge in [-0.05, 0) is 49.2 Å². The van der Waals surface area contributed by atoms with Crippen LogP contribution in [-0.4, -0.2) is 35.9 Å². The summed E-state index contributed by atoms with van der Waals surface area (Å²) in [5.74, 6) is 0.266. The number of benzene rings is 2. The summed E-state index contributed by atoms with van der Waals surface area (Å²) in [7, 11) is 0. The number of carbonyl (C=O) groups excluding carboxylic acids is 2. The van der Waals surface area contributed by atoms with E-state index in [0.717, 1.165) is 6.42 Å². The molecule has 1 aliphatic heterocycles. The number of likely N-dealkylation sites (tertiary alicyclic amines) is 1. The van der Waals surface area contributed by atoms with Crippen LogP contribution in [-0.2, 0) is 9.59 Å². The standard InChI is InChI=1S/C19H19ClN2O3/c20-14-8-10-15(11-9-14)21-19(24)17-7-4-12-22(17)18(23)13-25-16-5-2-1-3-6-16/h1-3,5-6,8-11,17H,4,7,12-13H2,(H,21,24)/t17-/m1/s1. The fourth-order valence-corrected chi connectivity index (χ4v) is 2.97. The minimum atomic E-state index is -0.470. The molecule has 0 unspecified atom stereocenters. The minimum Gasteiger partial charge on any atom is -0.484 e. The Balaban J connectivity index is 1.58. The van der Waals surface area contributed by atoms with Gasteiger partial charge in [-0.25, -0.2) is 0 Å². The lowest BCUT2D eigenvalue weighted by Gasteiger charge is -2.24. The van der Waals surface area contributed by atoms with Crippen LogP contribution < -0.4 is 10.1 Å². The van der Waals surface area contributed by atoms with E-state index in [2.05, 4.69) is 5.32 Å². The van der Waals surface area contributed by atoms with Crippen molar-refractivity contribution in [2.24, 2.45) is 0 Å². The number of nitrogens with zero attached hydrogens (tertiary/aromatic N) is 1. The van der Waals surface area contributed by atoms with Crippen LogP contribution in [0.25, 0.3) is 0 Å². The van der Waals surface area contributed by atoms with E-state index in [4.69, 9.17) is 16.3 Å². The Labute approximate surface area is 151 Å². The molecule has 25 heavy (non-hydrogen) atoms. The average molecular weight is 359 g/mol. The van der Waals surface area contributed by atoms with Crippen LogP contribution in [0.4, 0.5) is 5.69 Å². The van der Waals surface area contributed by atoms with Crippen LogP contribution in [0.3, 0.4) is 0 Å². The fourth-order valence-electron chi connectivity index (χ4n) is 2.84. The Kier molecular flexibility index (Phi) is 5.56. The van der Waals surface area contributed by atoms with Crippen LogP contribution in [0.2, 0.25) is 5.02 Å². The van der Waals surface area contributed by atoms with Gasteiger partial charge in [-0.3, -0.25) is 9.59 Å². The number of nitrogens with one attached hydrogen (secondary N) is 1. The van der Waals surface area contributed by atoms with E-state index >= 15 is 0 Å². The zero-order valence-corrected chi connectivity index (χ0v) is 14.4. The molecular formula is C19H19ClN2O3. The molecule has 0 saturated carbocycles. The topological polar surface area (TPSA) is 58.6 Å². The van der Waals surface area contributed by atoms with Gasteiger partial charge in [0.1, 0.15) is 11.8 Å². The number of anilines is 1. The van der Waals surface area contributed by atoms with Gasteiger partial charge in [-0.1, -0.05) is 29.8 Å². The molecule has 1 saturated heterocycles. The Morgan fingerprint density at radius 1 is 1.12 bits per heavy atom. The minimum absolute atomic E-state index is 0.0747. The quantitative estimate of drug-likeness (QED) is 0.891. The maximum Gasteiger partial charge on any atom is 0.261 e. The van der Waals surface area contributed by atoms with Crippen molar-refractivity contribution in [3.63, 3.8) is 0 Å². The Hall–Kier alpha value is -2.53. The molecule has 130 valence electrons. The van der Waals surface area contributed by atoms with Gasteiger partial charge in [0, 0.05) is 17.3 Å². The SMILES string of the molecule is O=C(Nc1ccc(Cl)cc1)[C@H]1CCCN1C(=O)COc1ccccc1. The molecule has 0 aromatic heterocycles. The van der Waals surface area contributed by atoms with E-state index in [1.54, 1.807) is 41.3 Å². The molecule has 1 fully saturated rings. The average Bonchev–Trinajstić information content (AvgIpc) is 3.12. The van der Waals surface area contributed by atoms with Crippen molar-refractivity contribution in [2.45, 2.75) is 18.9 Å². The van der Waals surface area contributed by atoms with Crippen LogP contribution >= 0.6 is 11.6 Å². The van der Waals surface area contributed by atoms with Crippen molar-refractivity contribution in [3.05, 3.63) is 59.6 Å². The number of rotatable bonds is 5. The second-order valence-electron chi connectivity index (χ2n) is 5.84. The predicted molar refractivity (Wildman–Crippen MR) is 96.8 cm³/mol. The molecule has 1 atom stereocenters. The molecule has 3 rings (SSSR count). The number of hydrogen-bond donors (Lipinski definition) is 1. The van der Waals surface area contributed by atoms with E-state index in [-0.39, 0.29) is 18.4 Å². The molecule has 1 aliphatic rings. The molecule has 6 heteroatoms. The number of ether oxygens (including phenoxy) is 1. The zero-order valence-electron chi connectivity index (χ0n) is 13.7. The third-order valence-electron chi connectivity index (χ3n) is 4.09. The van der Waals surface area contributed by atoms with Gasteiger partial charge in [0.15, 0.2) is 6.61 Å². The van der Waals surface area contributed by atoms with E-state index in [9.17, 15) is 9.59 Å². The van der Waals surface area contributed by atoms with Crippen LogP contribution in [0.5, 0.6) is 5.75 Å². The lowest BCUT2D eigenvalue weighted by Crippen LogP contribution is -2.45. The molecule has 0 bridgehead atoms. The number of carbonyl (C=O) groups is 2. The molecule has 2 aromatic rings. The summed E-state index contributed by atoms with van der Waals surface area (Å²) in [6.07, 6.45) is 1.45. The molecule has 2 amide bonds. The highest BCUT2D eigenvalue weighted by Gasteiger charge is 2.34. The first-order chi connectivity index (χ1) is 12.1. The Morgan fingerprint density at radius 2 is 1.84 bits per heavy atom. The second kappa shape index (κ2) is 8.03. The molecule has 0 aliphatic carbocycles. The first-order valence-electron chi connectivity index (χ1n) is 8.17. The van der Waals surface area contributed by atoms with Gasteiger partial charge in [0.25, 0.3) is 5.91 Å². The van der Waals surface area contributed by atoms with Gasteiger partial charge in [-0.2, -0.15) is 0 Å². The summed E-state index contributed by atoms with van der Waals surface area (Å²) in [5, 5.41) is 3.44. The molecule has 1 N–H and O–H groups in total. The van der Waals surface area contributed by atoms with Crippen LogP contribution in [0, 0.1) is 0 Å². The number of para-hydroxylation sites is 1. The lowest BCUT2D eigenvalue weighted by atomic mass is 10.2. The lowest BCUT2D eigenvalue weighted by molar-refractivity contribution is -0.138. The largest absolute Gasteiger partial charge is 0.484 e. The van der Waals surface area contributed by atoms with E-state index in [0.29, 0.717) is 29.4 Å². The van der Waals surface area contributed by atoms with E-state index in [1.165, 1.54) is 0 Å². The molecule has 5 nitrogen and oxygen atoms in total. The third kappa shape index (κ3) is 4.51. The highest BCUT2D eigenvalue weighted by Crippen LogP contribution is 2.21. The third-order valence-corrected chi connectivity index (χ3v) is 4.35. The van der Waals surface area contributed by atoms with Gasteiger partial charge in [-0.15, -0.1) is 0 Å². The van der Waals surface area contributed by atoms with Crippen molar-refractivity contribution in [1.82, 2.24) is 4.90 Å². The Bertz CT molecular complexity index is 734.